The number of halogens is 1. The van der Waals surface area contributed by atoms with Gasteiger partial charge >= 0.3 is 0 Å². The molecule has 5 aliphatic rings. The molecule has 3 unspecified atom stereocenters. The van der Waals surface area contributed by atoms with Gasteiger partial charge in [-0.3, -0.25) is 14.5 Å². The standard InChI is InChI=1S/C32H42FN7O3/c1-5-27(41)40-17-16-39(19-21(40)12-14-34)29-23-11-13-32(24-9-6-10-25(33)28(24)37(3)30(32)42)18-26(23)35-31(38(29)4)43-20-22-8-7-15-36(22)2/h5-6,9-10,21-23,26,29H,1,7-8,11-13,15-20H2,2-4H3/t21-,22-,23?,26?,29?,32-/m1/s1. The number of hydrogen-bond donors (Lipinski definition) is 0. The van der Waals surface area contributed by atoms with E-state index in [1.54, 1.807) is 18.0 Å². The van der Waals surface area contributed by atoms with Gasteiger partial charge in [-0.2, -0.15) is 5.26 Å². The molecule has 10 nitrogen and oxygen atoms in total. The Morgan fingerprint density at radius 3 is 2.77 bits per heavy atom. The molecule has 0 radical (unpaired) electrons. The highest BCUT2D eigenvalue weighted by Gasteiger charge is 2.58. The molecule has 230 valence electrons. The fourth-order valence-electron chi connectivity index (χ4n) is 8.38. The van der Waals surface area contributed by atoms with Crippen molar-refractivity contribution >= 4 is 23.5 Å². The number of nitrogens with zero attached hydrogens (tertiary/aromatic N) is 7. The first-order chi connectivity index (χ1) is 20.7. The zero-order valence-corrected chi connectivity index (χ0v) is 25.4. The van der Waals surface area contributed by atoms with Crippen LogP contribution in [0.2, 0.25) is 0 Å². The number of fused-ring (bicyclic) bond motifs is 3. The quantitative estimate of drug-likeness (QED) is 0.486. The molecule has 6 atom stereocenters. The Labute approximate surface area is 253 Å². The molecule has 0 aromatic heterocycles. The summed E-state index contributed by atoms with van der Waals surface area (Å²) >= 11 is 0. The van der Waals surface area contributed by atoms with Crippen LogP contribution in [-0.4, -0.2) is 116 Å². The number of benzene rings is 1. The summed E-state index contributed by atoms with van der Waals surface area (Å²) < 4.78 is 21.5. The topological polar surface area (TPSA) is 95.7 Å². The molecule has 2 amide bonds. The van der Waals surface area contributed by atoms with Crippen LogP contribution < -0.4 is 4.90 Å². The second-order valence-electron chi connectivity index (χ2n) is 12.8. The number of carbonyl (C=O) groups is 2. The number of ether oxygens (including phenoxy) is 1. The fraction of sp³-hybridized carbons (Fsp3) is 0.625. The maximum absolute atomic E-state index is 15.0. The number of hydrogen-bond acceptors (Lipinski definition) is 8. The first kappa shape index (κ1) is 29.6. The fourth-order valence-corrected chi connectivity index (χ4v) is 8.38. The summed E-state index contributed by atoms with van der Waals surface area (Å²) in [5.41, 5.74) is 0.305. The number of aliphatic imine (C=N–C) groups is 1. The summed E-state index contributed by atoms with van der Waals surface area (Å²) in [6, 6.07) is 7.69. The summed E-state index contributed by atoms with van der Waals surface area (Å²) in [5.74, 6) is -0.512. The summed E-state index contributed by atoms with van der Waals surface area (Å²) in [4.78, 5) is 41.7. The number of amides is 2. The van der Waals surface area contributed by atoms with E-state index < -0.39 is 5.41 Å². The Morgan fingerprint density at radius 1 is 1.23 bits per heavy atom. The molecule has 11 heteroatoms. The van der Waals surface area contributed by atoms with Crippen LogP contribution in [-0.2, 0) is 19.7 Å². The average molecular weight is 592 g/mol. The van der Waals surface area contributed by atoms with Crippen LogP contribution in [0.3, 0.4) is 0 Å². The van der Waals surface area contributed by atoms with Crippen molar-refractivity contribution in [3.63, 3.8) is 0 Å². The highest BCUT2D eigenvalue weighted by Crippen LogP contribution is 2.53. The van der Waals surface area contributed by atoms with Crippen molar-refractivity contribution in [1.29, 1.82) is 5.26 Å². The highest BCUT2D eigenvalue weighted by molar-refractivity contribution is 6.08. The number of carbonyl (C=O) groups excluding carboxylic acids is 2. The zero-order valence-electron chi connectivity index (χ0n) is 25.4. The van der Waals surface area contributed by atoms with E-state index in [2.05, 4.69) is 34.4 Å². The molecule has 6 rings (SSSR count). The van der Waals surface area contributed by atoms with Crippen molar-refractivity contribution in [2.75, 3.05) is 58.8 Å². The van der Waals surface area contributed by atoms with Gasteiger partial charge in [0.15, 0.2) is 0 Å². The smallest absolute Gasteiger partial charge is 0.288 e. The number of piperazine rings is 1. The minimum absolute atomic E-state index is 0.0718. The number of likely N-dealkylation sites (N-methyl/N-ethyl adjacent to an activating group) is 2. The van der Waals surface area contributed by atoms with Crippen molar-refractivity contribution in [3.05, 3.63) is 42.2 Å². The predicted molar refractivity (Wildman–Crippen MR) is 161 cm³/mol. The minimum Gasteiger partial charge on any atom is -0.463 e. The Hall–Kier alpha value is -3.49. The number of rotatable bonds is 5. The van der Waals surface area contributed by atoms with Crippen LogP contribution >= 0.6 is 0 Å². The molecular formula is C32H42FN7O3. The van der Waals surface area contributed by atoms with Crippen molar-refractivity contribution < 1.29 is 18.7 Å². The maximum Gasteiger partial charge on any atom is 0.288 e. The van der Waals surface area contributed by atoms with E-state index in [0.29, 0.717) is 56.8 Å². The van der Waals surface area contributed by atoms with Crippen molar-refractivity contribution in [2.45, 2.75) is 68.2 Å². The summed E-state index contributed by atoms with van der Waals surface area (Å²) in [5, 5.41) is 9.58. The SMILES string of the molecule is C=CC(=O)N1CCN(C2C3CC[C@]4(CC3N=C(OC[C@H]3CCCN3C)N2C)C(=O)N(C)c2c(F)cccc24)C[C@H]1CC#N. The molecule has 4 heterocycles. The lowest BCUT2D eigenvalue weighted by Crippen LogP contribution is -2.66. The van der Waals surface area contributed by atoms with Gasteiger partial charge in [-0.1, -0.05) is 18.7 Å². The second-order valence-corrected chi connectivity index (χ2v) is 12.8. The molecule has 2 saturated heterocycles. The molecule has 1 spiro atoms. The third-order valence-electron chi connectivity index (χ3n) is 10.6. The molecule has 43 heavy (non-hydrogen) atoms. The van der Waals surface area contributed by atoms with Gasteiger partial charge in [0.05, 0.1) is 41.8 Å². The van der Waals surface area contributed by atoms with Crippen molar-refractivity contribution in [2.24, 2.45) is 10.9 Å². The lowest BCUT2D eigenvalue weighted by Gasteiger charge is -2.54. The van der Waals surface area contributed by atoms with Gasteiger partial charge in [0.1, 0.15) is 12.4 Å². The maximum atomic E-state index is 15.0. The molecule has 3 fully saturated rings. The van der Waals surface area contributed by atoms with Crippen LogP contribution in [0, 0.1) is 23.1 Å². The third kappa shape index (κ3) is 4.89. The first-order valence-electron chi connectivity index (χ1n) is 15.4. The van der Waals surface area contributed by atoms with E-state index in [0.717, 1.165) is 31.4 Å². The Kier molecular flexibility index (Phi) is 7.94. The van der Waals surface area contributed by atoms with Crippen molar-refractivity contribution in [1.82, 2.24) is 19.6 Å². The first-order valence-corrected chi connectivity index (χ1v) is 15.4. The molecule has 1 aromatic rings. The van der Waals surface area contributed by atoms with Crippen LogP contribution in [0.1, 0.15) is 44.1 Å². The van der Waals surface area contributed by atoms with Gasteiger partial charge in [-0.25, -0.2) is 9.38 Å². The van der Waals surface area contributed by atoms with Gasteiger partial charge in [-0.05, 0) is 63.4 Å². The Balaban J connectivity index is 1.33. The number of para-hydroxylation sites is 1. The summed E-state index contributed by atoms with van der Waals surface area (Å²) in [7, 11) is 5.80. The number of amidine groups is 1. The van der Waals surface area contributed by atoms with E-state index in [9.17, 15) is 19.2 Å². The molecule has 1 saturated carbocycles. The Morgan fingerprint density at radius 2 is 2.05 bits per heavy atom. The van der Waals surface area contributed by atoms with Gasteiger partial charge < -0.3 is 24.3 Å². The summed E-state index contributed by atoms with van der Waals surface area (Å²) in [6.07, 6.45) is 5.50. The number of anilines is 1. The third-order valence-corrected chi connectivity index (χ3v) is 10.6. The van der Waals surface area contributed by atoms with E-state index in [1.165, 1.54) is 17.0 Å². The van der Waals surface area contributed by atoms with Crippen LogP contribution in [0.15, 0.2) is 35.8 Å². The highest BCUT2D eigenvalue weighted by atomic mass is 19.1. The monoisotopic (exact) mass is 591 g/mol. The van der Waals surface area contributed by atoms with E-state index in [4.69, 9.17) is 9.73 Å². The Bertz CT molecular complexity index is 1360. The molecule has 1 aliphatic carbocycles. The number of likely N-dealkylation sites (tertiary alicyclic amines) is 1. The number of nitriles is 1. The normalized spacial score (nSPS) is 32.8. The van der Waals surface area contributed by atoms with Crippen LogP contribution in [0.4, 0.5) is 10.1 Å². The largest absolute Gasteiger partial charge is 0.463 e. The summed E-state index contributed by atoms with van der Waals surface area (Å²) in [6.45, 7) is 6.92. The predicted octanol–water partition coefficient (Wildman–Crippen LogP) is 2.56. The van der Waals surface area contributed by atoms with E-state index in [-0.39, 0.29) is 48.2 Å². The average Bonchev–Trinajstić information content (AvgIpc) is 3.50. The minimum atomic E-state index is -0.827. The van der Waals surface area contributed by atoms with E-state index >= 15 is 0 Å². The second kappa shape index (κ2) is 11.5. The van der Waals surface area contributed by atoms with Crippen molar-refractivity contribution in [3.8, 4) is 6.07 Å². The molecule has 1 aromatic carbocycles. The molecule has 4 aliphatic heterocycles. The lowest BCUT2D eigenvalue weighted by molar-refractivity contribution is -0.133. The van der Waals surface area contributed by atoms with Gasteiger partial charge in [-0.15, -0.1) is 0 Å². The molecule has 0 bridgehead atoms. The lowest BCUT2D eigenvalue weighted by atomic mass is 9.64. The van der Waals surface area contributed by atoms with Crippen LogP contribution in [0.25, 0.3) is 0 Å². The van der Waals surface area contributed by atoms with Gasteiger partial charge in [0.2, 0.25) is 11.8 Å². The molecule has 0 N–H and O–H groups in total. The van der Waals surface area contributed by atoms with Gasteiger partial charge in [0, 0.05) is 45.7 Å². The molecular weight excluding hydrogens is 549 g/mol. The van der Waals surface area contributed by atoms with Gasteiger partial charge in [0.25, 0.3) is 6.02 Å². The zero-order chi connectivity index (χ0) is 30.5. The van der Waals surface area contributed by atoms with E-state index in [1.807, 2.05) is 13.1 Å². The van der Waals surface area contributed by atoms with Crippen LogP contribution in [0.5, 0.6) is 0 Å².